The van der Waals surface area contributed by atoms with Crippen molar-refractivity contribution in [2.45, 2.75) is 12.7 Å². The Labute approximate surface area is 228 Å². The highest BCUT2D eigenvalue weighted by Crippen LogP contribution is 2.30. The van der Waals surface area contributed by atoms with Gasteiger partial charge in [-0.05, 0) is 35.2 Å². The second kappa shape index (κ2) is 12.1. The Morgan fingerprint density at radius 3 is 2.10 bits per heavy atom. The van der Waals surface area contributed by atoms with Crippen molar-refractivity contribution in [3.63, 3.8) is 0 Å². The zero-order valence-electron chi connectivity index (χ0n) is 22.5. The van der Waals surface area contributed by atoms with Gasteiger partial charge < -0.3 is 19.3 Å². The lowest BCUT2D eigenvalue weighted by Gasteiger charge is -2.36. The first-order chi connectivity index (χ1) is 19.0. The Morgan fingerprint density at radius 2 is 1.46 bits per heavy atom. The van der Waals surface area contributed by atoms with Crippen molar-refractivity contribution < 1.29 is 28.9 Å². The van der Waals surface area contributed by atoms with Crippen LogP contribution in [0.25, 0.3) is 10.8 Å². The number of rotatable bonds is 11. The number of benzene rings is 3. The van der Waals surface area contributed by atoms with Crippen molar-refractivity contribution in [3.05, 3.63) is 71.3 Å². The summed E-state index contributed by atoms with van der Waals surface area (Å²) in [5, 5.41) is 12.2. The van der Waals surface area contributed by atoms with Gasteiger partial charge in [0.25, 0.3) is 11.8 Å². The van der Waals surface area contributed by atoms with E-state index in [0.29, 0.717) is 48.9 Å². The highest BCUT2D eigenvalue weighted by molar-refractivity contribution is 6.25. The first kappa shape index (κ1) is 27.1. The van der Waals surface area contributed by atoms with E-state index in [9.17, 15) is 14.7 Å². The molecule has 2 aliphatic heterocycles. The highest BCUT2D eigenvalue weighted by atomic mass is 16.5. The number of aliphatic hydroxyl groups is 1. The molecule has 0 unspecified atom stereocenters. The van der Waals surface area contributed by atoms with E-state index in [2.05, 4.69) is 9.80 Å². The molecule has 3 aromatic rings. The molecule has 0 saturated carbocycles. The molecule has 0 bridgehead atoms. The second-order valence-corrected chi connectivity index (χ2v) is 9.97. The second-order valence-electron chi connectivity index (χ2n) is 9.97. The van der Waals surface area contributed by atoms with Crippen LogP contribution in [0.3, 0.4) is 0 Å². The molecule has 1 saturated heterocycles. The number of hydrogen-bond acceptors (Lipinski definition) is 8. The largest absolute Gasteiger partial charge is 0.493 e. The monoisotopic (exact) mass is 533 g/mol. The third-order valence-corrected chi connectivity index (χ3v) is 7.46. The van der Waals surface area contributed by atoms with E-state index in [0.717, 1.165) is 42.5 Å². The van der Waals surface area contributed by atoms with Crippen molar-refractivity contribution >= 4 is 22.6 Å². The van der Waals surface area contributed by atoms with Gasteiger partial charge in [0.15, 0.2) is 11.5 Å². The predicted molar refractivity (Wildman–Crippen MR) is 147 cm³/mol. The van der Waals surface area contributed by atoms with Crippen LogP contribution in [0.15, 0.2) is 54.6 Å². The first-order valence-corrected chi connectivity index (χ1v) is 13.3. The zero-order chi connectivity index (χ0) is 27.4. The van der Waals surface area contributed by atoms with Crippen LogP contribution in [0.5, 0.6) is 11.5 Å². The van der Waals surface area contributed by atoms with Gasteiger partial charge in [-0.1, -0.05) is 30.3 Å². The molecule has 39 heavy (non-hydrogen) atoms. The molecule has 9 heteroatoms. The van der Waals surface area contributed by atoms with Gasteiger partial charge in [-0.15, -0.1) is 0 Å². The lowest BCUT2D eigenvalue weighted by molar-refractivity contribution is 0.000925. The van der Waals surface area contributed by atoms with Gasteiger partial charge in [0.1, 0.15) is 0 Å². The van der Waals surface area contributed by atoms with Crippen LogP contribution >= 0.6 is 0 Å². The lowest BCUT2D eigenvalue weighted by atomic mass is 9.94. The SMILES string of the molecule is COc1ccc(COC[C@@H](O)CN2CCN(CCN3C(=O)c4cccc5cccc(c45)C3=O)CC2)cc1OC. The van der Waals surface area contributed by atoms with E-state index < -0.39 is 6.10 Å². The quantitative estimate of drug-likeness (QED) is 0.376. The molecule has 9 nitrogen and oxygen atoms in total. The van der Waals surface area contributed by atoms with Crippen LogP contribution in [-0.4, -0.2) is 104 Å². The predicted octanol–water partition coefficient (Wildman–Crippen LogP) is 2.65. The summed E-state index contributed by atoms with van der Waals surface area (Å²) in [6, 6.07) is 16.8. The third kappa shape index (κ3) is 5.91. The topological polar surface area (TPSA) is 91.8 Å². The summed E-state index contributed by atoms with van der Waals surface area (Å²) in [4.78, 5) is 32.1. The van der Waals surface area contributed by atoms with Gasteiger partial charge in [0.2, 0.25) is 0 Å². The van der Waals surface area contributed by atoms with Crippen LogP contribution < -0.4 is 9.47 Å². The average Bonchev–Trinajstić information content (AvgIpc) is 2.96. The van der Waals surface area contributed by atoms with Crippen molar-refractivity contribution in [1.82, 2.24) is 14.7 Å². The summed E-state index contributed by atoms with van der Waals surface area (Å²) < 4.78 is 16.3. The minimum Gasteiger partial charge on any atom is -0.493 e. The summed E-state index contributed by atoms with van der Waals surface area (Å²) >= 11 is 0. The summed E-state index contributed by atoms with van der Waals surface area (Å²) in [5.41, 5.74) is 2.13. The Kier molecular flexibility index (Phi) is 8.42. The Morgan fingerprint density at radius 1 is 0.821 bits per heavy atom. The number of piperazine rings is 1. The van der Waals surface area contributed by atoms with E-state index in [-0.39, 0.29) is 18.4 Å². The number of aliphatic hydroxyl groups excluding tert-OH is 1. The van der Waals surface area contributed by atoms with Crippen molar-refractivity contribution in [1.29, 1.82) is 0 Å². The van der Waals surface area contributed by atoms with E-state index in [1.807, 2.05) is 42.5 Å². The minimum absolute atomic E-state index is 0.223. The molecule has 206 valence electrons. The third-order valence-electron chi connectivity index (χ3n) is 7.46. The molecule has 0 radical (unpaired) electrons. The number of carbonyl (C=O) groups is 2. The highest BCUT2D eigenvalue weighted by Gasteiger charge is 2.33. The van der Waals surface area contributed by atoms with Gasteiger partial charge in [0, 0.05) is 62.3 Å². The molecular formula is C30H35N3O6. The van der Waals surface area contributed by atoms with Crippen LogP contribution in [0.4, 0.5) is 0 Å². The van der Waals surface area contributed by atoms with Crippen LogP contribution in [0.1, 0.15) is 26.3 Å². The van der Waals surface area contributed by atoms with E-state index in [4.69, 9.17) is 14.2 Å². The summed E-state index contributed by atoms with van der Waals surface area (Å²) in [5.74, 6) is 0.865. The van der Waals surface area contributed by atoms with Crippen LogP contribution in [0, 0.1) is 0 Å². The molecule has 1 N–H and O–H groups in total. The van der Waals surface area contributed by atoms with E-state index in [1.165, 1.54) is 4.90 Å². The van der Waals surface area contributed by atoms with Crippen LogP contribution in [-0.2, 0) is 11.3 Å². The number of amides is 2. The molecule has 2 heterocycles. The van der Waals surface area contributed by atoms with Crippen molar-refractivity contribution in [2.24, 2.45) is 0 Å². The van der Waals surface area contributed by atoms with Gasteiger partial charge in [-0.25, -0.2) is 0 Å². The molecule has 1 fully saturated rings. The zero-order valence-corrected chi connectivity index (χ0v) is 22.5. The van der Waals surface area contributed by atoms with Gasteiger partial charge >= 0.3 is 0 Å². The normalized spacial score (nSPS) is 17.1. The molecule has 5 rings (SSSR count). The van der Waals surface area contributed by atoms with Crippen LogP contribution in [0.2, 0.25) is 0 Å². The Balaban J connectivity index is 1.05. The molecule has 2 amide bonds. The maximum atomic E-state index is 13.1. The Hall–Kier alpha value is -3.50. The van der Waals surface area contributed by atoms with Gasteiger partial charge in [-0.3, -0.25) is 24.3 Å². The number of nitrogens with zero attached hydrogens (tertiary/aromatic N) is 3. The maximum absolute atomic E-state index is 13.1. The average molecular weight is 534 g/mol. The smallest absolute Gasteiger partial charge is 0.261 e. The van der Waals surface area contributed by atoms with Gasteiger partial charge in [0.05, 0.1) is 33.5 Å². The molecule has 0 aromatic heterocycles. The number of ether oxygens (including phenoxy) is 3. The van der Waals surface area contributed by atoms with Gasteiger partial charge in [-0.2, -0.15) is 0 Å². The van der Waals surface area contributed by atoms with E-state index in [1.54, 1.807) is 26.4 Å². The number of methoxy groups -OCH3 is 2. The summed E-state index contributed by atoms with van der Waals surface area (Å²) in [6.07, 6.45) is -0.594. The summed E-state index contributed by atoms with van der Waals surface area (Å²) in [7, 11) is 3.19. The van der Waals surface area contributed by atoms with Crippen molar-refractivity contribution in [3.8, 4) is 11.5 Å². The van der Waals surface area contributed by atoms with E-state index >= 15 is 0 Å². The Bertz CT molecular complexity index is 1290. The minimum atomic E-state index is -0.594. The maximum Gasteiger partial charge on any atom is 0.261 e. The fourth-order valence-corrected chi connectivity index (χ4v) is 5.35. The molecular weight excluding hydrogens is 498 g/mol. The fourth-order valence-electron chi connectivity index (χ4n) is 5.35. The number of hydrogen-bond donors (Lipinski definition) is 1. The number of imide groups is 1. The molecule has 2 aliphatic rings. The standard InChI is InChI=1S/C30H35N3O6/c1-37-26-10-9-21(17-27(26)38-2)19-39-20-23(34)18-32-13-11-31(12-14-32)15-16-33-29(35)24-7-3-5-22-6-4-8-25(28(22)24)30(33)36/h3-10,17,23,34H,11-16,18-20H2,1-2H3/t23-/m0/s1. The first-order valence-electron chi connectivity index (χ1n) is 13.3. The fraction of sp³-hybridized carbons (Fsp3) is 0.400. The molecule has 1 atom stereocenters. The van der Waals surface area contributed by atoms with Crippen molar-refractivity contribution in [2.75, 3.05) is 66.6 Å². The molecule has 0 spiro atoms. The summed E-state index contributed by atoms with van der Waals surface area (Å²) in [6.45, 7) is 5.34. The molecule has 3 aromatic carbocycles. The number of carbonyl (C=O) groups excluding carboxylic acids is 2. The lowest BCUT2D eigenvalue weighted by Crippen LogP contribution is -2.51. The molecule has 0 aliphatic carbocycles. The number of β-amino-alcohol motifs (C(OH)–C–C–N with tert-alkyl or cyclic N) is 1.